The molecule has 1 atom stereocenters. The molecule has 1 saturated carbocycles. The van der Waals surface area contributed by atoms with Gasteiger partial charge in [-0.25, -0.2) is 4.98 Å². The summed E-state index contributed by atoms with van der Waals surface area (Å²) in [6, 6.07) is 5.85. The molecule has 3 heteroatoms. The van der Waals surface area contributed by atoms with Gasteiger partial charge in [-0.3, -0.25) is 0 Å². The number of nitrogens with zero attached hydrogens (tertiary/aromatic N) is 1. The molecule has 2 nitrogen and oxygen atoms in total. The first-order valence-corrected chi connectivity index (χ1v) is 5.59. The lowest BCUT2D eigenvalue weighted by Crippen LogP contribution is -2.28. The molecular weight excluding hydrogens is 196 g/mol. The van der Waals surface area contributed by atoms with E-state index >= 15 is 0 Å². The molecule has 0 aromatic carbocycles. The Morgan fingerprint density at radius 2 is 2.36 bits per heavy atom. The fourth-order valence-electron chi connectivity index (χ4n) is 1.64. The Hall–Kier alpha value is -0.760. The monoisotopic (exact) mass is 210 g/mol. The number of aromatic nitrogens is 1. The van der Waals surface area contributed by atoms with Crippen molar-refractivity contribution in [2.24, 2.45) is 5.92 Å². The van der Waals surface area contributed by atoms with Crippen LogP contribution in [-0.2, 0) is 0 Å². The molecule has 1 aromatic heterocycles. The molecule has 1 N–H and O–H groups in total. The van der Waals surface area contributed by atoms with Crippen LogP contribution in [-0.4, -0.2) is 16.9 Å². The minimum absolute atomic E-state index is 0.255. The Labute approximate surface area is 89.7 Å². The first-order valence-electron chi connectivity index (χ1n) is 5.15. The number of hydrogen-bond donors (Lipinski definition) is 1. The van der Waals surface area contributed by atoms with Crippen molar-refractivity contribution in [2.45, 2.75) is 24.6 Å². The smallest absolute Gasteiger partial charge is 0.125 e. The van der Waals surface area contributed by atoms with E-state index in [9.17, 15) is 0 Å². The lowest BCUT2D eigenvalue weighted by molar-refractivity contribution is 0.308. The normalized spacial score (nSPS) is 18.6. The topological polar surface area (TPSA) is 24.9 Å². The average molecular weight is 211 g/mol. The number of halogens is 1. The van der Waals surface area contributed by atoms with Crippen molar-refractivity contribution in [3.05, 3.63) is 24.4 Å². The van der Waals surface area contributed by atoms with Gasteiger partial charge in [0.1, 0.15) is 5.82 Å². The SMILES string of the molecule is ClC(CNc1ccccn1)C1CCC1. The highest BCUT2D eigenvalue weighted by atomic mass is 35.5. The minimum Gasteiger partial charge on any atom is -0.369 e. The molecule has 1 fully saturated rings. The van der Waals surface area contributed by atoms with E-state index in [0.717, 1.165) is 12.4 Å². The van der Waals surface area contributed by atoms with Crippen molar-refractivity contribution in [3.8, 4) is 0 Å². The van der Waals surface area contributed by atoms with Crippen molar-refractivity contribution in [2.75, 3.05) is 11.9 Å². The second-order valence-electron chi connectivity index (χ2n) is 3.80. The predicted molar refractivity (Wildman–Crippen MR) is 59.7 cm³/mol. The van der Waals surface area contributed by atoms with Gasteiger partial charge in [-0.1, -0.05) is 12.5 Å². The summed E-state index contributed by atoms with van der Waals surface area (Å²) in [4.78, 5) is 4.18. The highest BCUT2D eigenvalue weighted by Crippen LogP contribution is 2.32. The Morgan fingerprint density at radius 1 is 1.50 bits per heavy atom. The van der Waals surface area contributed by atoms with Crippen LogP contribution in [0.2, 0.25) is 0 Å². The van der Waals surface area contributed by atoms with E-state index in [-0.39, 0.29) is 5.38 Å². The number of alkyl halides is 1. The van der Waals surface area contributed by atoms with Crippen molar-refractivity contribution in [1.29, 1.82) is 0 Å². The van der Waals surface area contributed by atoms with Crippen LogP contribution in [0.5, 0.6) is 0 Å². The molecule has 0 aliphatic heterocycles. The maximum Gasteiger partial charge on any atom is 0.125 e. The van der Waals surface area contributed by atoms with Crippen LogP contribution < -0.4 is 5.32 Å². The number of anilines is 1. The fourth-order valence-corrected chi connectivity index (χ4v) is 1.97. The van der Waals surface area contributed by atoms with Crippen LogP contribution in [0, 0.1) is 5.92 Å². The summed E-state index contributed by atoms with van der Waals surface area (Å²) in [7, 11) is 0. The van der Waals surface area contributed by atoms with Gasteiger partial charge in [-0.05, 0) is 30.9 Å². The van der Waals surface area contributed by atoms with Crippen LogP contribution in [0.1, 0.15) is 19.3 Å². The molecule has 0 saturated heterocycles. The van der Waals surface area contributed by atoms with E-state index < -0.39 is 0 Å². The molecule has 1 aliphatic rings. The maximum absolute atomic E-state index is 6.24. The second-order valence-corrected chi connectivity index (χ2v) is 4.36. The molecule has 1 aliphatic carbocycles. The highest BCUT2D eigenvalue weighted by molar-refractivity contribution is 6.21. The third-order valence-electron chi connectivity index (χ3n) is 2.80. The molecule has 0 bridgehead atoms. The summed E-state index contributed by atoms with van der Waals surface area (Å²) in [5, 5.41) is 3.51. The van der Waals surface area contributed by atoms with E-state index in [2.05, 4.69) is 10.3 Å². The van der Waals surface area contributed by atoms with Gasteiger partial charge in [0.05, 0.1) is 5.38 Å². The third-order valence-corrected chi connectivity index (χ3v) is 3.32. The zero-order valence-corrected chi connectivity index (χ0v) is 8.87. The van der Waals surface area contributed by atoms with Crippen LogP contribution in [0.4, 0.5) is 5.82 Å². The molecule has 76 valence electrons. The van der Waals surface area contributed by atoms with Crippen molar-refractivity contribution in [1.82, 2.24) is 4.98 Å². The van der Waals surface area contributed by atoms with Crippen LogP contribution in [0.3, 0.4) is 0 Å². The first-order chi connectivity index (χ1) is 6.86. The highest BCUT2D eigenvalue weighted by Gasteiger charge is 2.25. The Kier molecular flexibility index (Phi) is 3.25. The van der Waals surface area contributed by atoms with Crippen LogP contribution >= 0.6 is 11.6 Å². The maximum atomic E-state index is 6.24. The van der Waals surface area contributed by atoms with Crippen molar-refractivity contribution >= 4 is 17.4 Å². The molecule has 14 heavy (non-hydrogen) atoms. The molecule has 2 rings (SSSR count). The Bertz CT molecular complexity index is 272. The van der Waals surface area contributed by atoms with Crippen LogP contribution in [0.25, 0.3) is 0 Å². The number of pyridine rings is 1. The van der Waals surface area contributed by atoms with E-state index in [1.807, 2.05) is 18.2 Å². The Morgan fingerprint density at radius 3 is 2.93 bits per heavy atom. The van der Waals surface area contributed by atoms with Gasteiger partial charge >= 0.3 is 0 Å². The van der Waals surface area contributed by atoms with E-state index in [4.69, 9.17) is 11.6 Å². The Balaban J connectivity index is 1.76. The van der Waals surface area contributed by atoms with E-state index in [0.29, 0.717) is 5.92 Å². The standard InChI is InChI=1S/C11H15ClN2/c12-10(9-4-3-5-9)8-14-11-6-1-2-7-13-11/h1-2,6-7,9-10H,3-5,8H2,(H,13,14). The summed E-state index contributed by atoms with van der Waals surface area (Å²) in [6.07, 6.45) is 5.71. The lowest BCUT2D eigenvalue weighted by Gasteiger charge is -2.29. The van der Waals surface area contributed by atoms with Crippen molar-refractivity contribution < 1.29 is 0 Å². The van der Waals surface area contributed by atoms with Gasteiger partial charge in [0.15, 0.2) is 0 Å². The molecule has 1 aromatic rings. The largest absolute Gasteiger partial charge is 0.369 e. The van der Waals surface area contributed by atoms with Gasteiger partial charge in [0.2, 0.25) is 0 Å². The molecule has 0 amide bonds. The van der Waals surface area contributed by atoms with Gasteiger partial charge in [0, 0.05) is 12.7 Å². The van der Waals surface area contributed by atoms with E-state index in [1.165, 1.54) is 19.3 Å². The van der Waals surface area contributed by atoms with Gasteiger partial charge in [-0.2, -0.15) is 0 Å². The summed E-state index contributed by atoms with van der Waals surface area (Å²) < 4.78 is 0. The van der Waals surface area contributed by atoms with Gasteiger partial charge in [-0.15, -0.1) is 11.6 Å². The fraction of sp³-hybridized carbons (Fsp3) is 0.545. The molecular formula is C11H15ClN2. The number of hydrogen-bond acceptors (Lipinski definition) is 2. The summed E-state index contributed by atoms with van der Waals surface area (Å²) in [5.74, 6) is 1.63. The molecule has 0 radical (unpaired) electrons. The average Bonchev–Trinajstić information content (AvgIpc) is 2.14. The zero-order valence-electron chi connectivity index (χ0n) is 8.12. The van der Waals surface area contributed by atoms with E-state index in [1.54, 1.807) is 6.20 Å². The summed E-state index contributed by atoms with van der Waals surface area (Å²) >= 11 is 6.24. The number of rotatable bonds is 4. The summed E-state index contributed by atoms with van der Waals surface area (Å²) in [5.41, 5.74) is 0. The van der Waals surface area contributed by atoms with Gasteiger partial charge < -0.3 is 5.32 Å². The molecule has 1 heterocycles. The molecule has 0 spiro atoms. The lowest BCUT2D eigenvalue weighted by atomic mass is 9.83. The quantitative estimate of drug-likeness (QED) is 0.774. The minimum atomic E-state index is 0.255. The zero-order chi connectivity index (χ0) is 9.80. The van der Waals surface area contributed by atoms with Gasteiger partial charge in [0.25, 0.3) is 0 Å². The summed E-state index contributed by atoms with van der Waals surface area (Å²) in [6.45, 7) is 0.823. The molecule has 1 unspecified atom stereocenters. The number of nitrogens with one attached hydrogen (secondary N) is 1. The third kappa shape index (κ3) is 2.38. The predicted octanol–water partition coefficient (Wildman–Crippen LogP) is 2.90. The van der Waals surface area contributed by atoms with Crippen LogP contribution in [0.15, 0.2) is 24.4 Å². The second kappa shape index (κ2) is 4.65. The first kappa shape index (κ1) is 9.78. The van der Waals surface area contributed by atoms with Crippen molar-refractivity contribution in [3.63, 3.8) is 0 Å².